The molecule has 0 saturated carbocycles. The highest BCUT2D eigenvalue weighted by atomic mass is 16.6. The Labute approximate surface area is 230 Å². The number of nitrogens with zero attached hydrogens (tertiary/aromatic N) is 4. The Kier molecular flexibility index (Phi) is 7.22. The summed E-state index contributed by atoms with van der Waals surface area (Å²) in [6.45, 7) is 7.65. The van der Waals surface area contributed by atoms with E-state index < -0.39 is 22.2 Å². The standard InChI is InChI=1S/C29H29N5O6/c1-29(2,3)40-28(36)30-20-8-6-7-19(17-20)26-22-9-4-5-10-23(22)27(35)33(31-26)25-18-21(11-12-24(25)34(37)38)32-13-15-39-16-14-32/h4-12,17-18H,13-16H2,1-3H3,(H,30,36). The van der Waals surface area contributed by atoms with Gasteiger partial charge in [0.05, 0.1) is 29.2 Å². The summed E-state index contributed by atoms with van der Waals surface area (Å²) in [5.74, 6) is 0. The summed E-state index contributed by atoms with van der Waals surface area (Å²) in [6.07, 6.45) is -0.608. The number of ether oxygens (including phenoxy) is 2. The predicted molar refractivity (Wildman–Crippen MR) is 152 cm³/mol. The first-order valence-corrected chi connectivity index (χ1v) is 12.8. The number of benzene rings is 3. The number of nitro groups is 1. The van der Waals surface area contributed by atoms with Crippen LogP contribution in [0, 0.1) is 10.1 Å². The number of nitrogens with one attached hydrogen (secondary N) is 1. The van der Waals surface area contributed by atoms with Crippen molar-refractivity contribution in [3.8, 4) is 16.9 Å². The van der Waals surface area contributed by atoms with E-state index in [9.17, 15) is 19.7 Å². The molecule has 1 N–H and O–H groups in total. The topological polar surface area (TPSA) is 129 Å². The van der Waals surface area contributed by atoms with Crippen molar-refractivity contribution in [2.45, 2.75) is 26.4 Å². The molecule has 0 bridgehead atoms. The first kappa shape index (κ1) is 26.8. The molecule has 4 aromatic rings. The van der Waals surface area contributed by atoms with E-state index >= 15 is 0 Å². The minimum Gasteiger partial charge on any atom is -0.444 e. The van der Waals surface area contributed by atoms with Crippen molar-refractivity contribution in [1.82, 2.24) is 9.78 Å². The fraction of sp³-hybridized carbons (Fsp3) is 0.276. The predicted octanol–water partition coefficient (Wildman–Crippen LogP) is 5.14. The molecule has 206 valence electrons. The van der Waals surface area contributed by atoms with E-state index in [-0.39, 0.29) is 11.4 Å². The van der Waals surface area contributed by atoms with E-state index in [1.165, 1.54) is 6.07 Å². The summed E-state index contributed by atoms with van der Waals surface area (Å²) in [5, 5.41) is 20.3. The number of carbonyl (C=O) groups is 1. The van der Waals surface area contributed by atoms with E-state index in [2.05, 4.69) is 15.3 Å². The van der Waals surface area contributed by atoms with Crippen LogP contribution in [0.1, 0.15) is 20.8 Å². The Balaban J connectivity index is 1.66. The lowest BCUT2D eigenvalue weighted by Gasteiger charge is -2.29. The van der Waals surface area contributed by atoms with Crippen LogP contribution in [0.15, 0.2) is 71.5 Å². The van der Waals surface area contributed by atoms with Gasteiger partial charge in [-0.3, -0.25) is 20.2 Å². The Bertz CT molecular complexity index is 1650. The second-order valence-electron chi connectivity index (χ2n) is 10.3. The van der Waals surface area contributed by atoms with Crippen molar-refractivity contribution in [3.05, 3.63) is 87.2 Å². The monoisotopic (exact) mass is 543 g/mol. The fourth-order valence-corrected chi connectivity index (χ4v) is 4.59. The van der Waals surface area contributed by atoms with Gasteiger partial charge in [0.25, 0.3) is 11.2 Å². The molecule has 0 aliphatic carbocycles. The second-order valence-corrected chi connectivity index (χ2v) is 10.3. The van der Waals surface area contributed by atoms with Crippen molar-refractivity contribution in [1.29, 1.82) is 0 Å². The van der Waals surface area contributed by atoms with Crippen LogP contribution in [-0.4, -0.2) is 52.7 Å². The molecule has 0 atom stereocenters. The normalized spacial score (nSPS) is 13.7. The molecule has 2 heterocycles. The summed E-state index contributed by atoms with van der Waals surface area (Å²) < 4.78 is 11.9. The van der Waals surface area contributed by atoms with Crippen molar-refractivity contribution in [2.75, 3.05) is 36.5 Å². The number of nitro benzene ring substituents is 1. The lowest BCUT2D eigenvalue weighted by Crippen LogP contribution is -2.36. The molecule has 11 heteroatoms. The number of aromatic nitrogens is 2. The molecule has 0 unspecified atom stereocenters. The third-order valence-electron chi connectivity index (χ3n) is 6.35. The van der Waals surface area contributed by atoms with Crippen LogP contribution in [0.4, 0.5) is 21.9 Å². The molecule has 1 amide bonds. The number of morpholine rings is 1. The van der Waals surface area contributed by atoms with Crippen LogP contribution in [-0.2, 0) is 9.47 Å². The van der Waals surface area contributed by atoms with E-state index in [4.69, 9.17) is 9.47 Å². The summed E-state index contributed by atoms with van der Waals surface area (Å²) >= 11 is 0. The van der Waals surface area contributed by atoms with Gasteiger partial charge in [-0.2, -0.15) is 9.78 Å². The van der Waals surface area contributed by atoms with Gasteiger partial charge < -0.3 is 14.4 Å². The number of anilines is 2. The summed E-state index contributed by atoms with van der Waals surface area (Å²) in [5.41, 5.74) is 0.900. The molecule has 0 radical (unpaired) electrons. The van der Waals surface area contributed by atoms with Gasteiger partial charge >= 0.3 is 6.09 Å². The van der Waals surface area contributed by atoms with E-state index in [0.717, 1.165) is 10.4 Å². The van der Waals surface area contributed by atoms with Gasteiger partial charge in [0, 0.05) is 41.5 Å². The Hall–Kier alpha value is -4.77. The smallest absolute Gasteiger partial charge is 0.412 e. The van der Waals surface area contributed by atoms with Crippen LogP contribution in [0.3, 0.4) is 0 Å². The Morgan fingerprint density at radius 3 is 2.45 bits per heavy atom. The molecule has 0 spiro atoms. The highest BCUT2D eigenvalue weighted by Crippen LogP contribution is 2.31. The van der Waals surface area contributed by atoms with Crippen LogP contribution in [0.2, 0.25) is 0 Å². The zero-order valence-corrected chi connectivity index (χ0v) is 22.4. The number of hydrogen-bond donors (Lipinski definition) is 1. The summed E-state index contributed by atoms with van der Waals surface area (Å²) in [6, 6.07) is 18.6. The quantitative estimate of drug-likeness (QED) is 0.270. The molecule has 1 aliphatic heterocycles. The molecule has 1 saturated heterocycles. The number of rotatable bonds is 5. The number of fused-ring (bicyclic) bond motifs is 1. The summed E-state index contributed by atoms with van der Waals surface area (Å²) in [4.78, 5) is 39.6. The summed E-state index contributed by atoms with van der Waals surface area (Å²) in [7, 11) is 0. The van der Waals surface area contributed by atoms with Gasteiger partial charge in [-0.05, 0) is 51.1 Å². The molecule has 1 aromatic heterocycles. The lowest BCUT2D eigenvalue weighted by molar-refractivity contribution is -0.384. The minimum absolute atomic E-state index is 0.0639. The molecule has 3 aromatic carbocycles. The Morgan fingerprint density at radius 1 is 1.02 bits per heavy atom. The highest BCUT2D eigenvalue weighted by molar-refractivity contribution is 5.95. The van der Waals surface area contributed by atoms with Crippen LogP contribution < -0.4 is 15.8 Å². The molecular formula is C29H29N5O6. The minimum atomic E-state index is -0.667. The molecule has 11 nitrogen and oxygen atoms in total. The number of carbonyl (C=O) groups excluding carboxylic acids is 1. The molecule has 5 rings (SSSR count). The van der Waals surface area contributed by atoms with Crippen LogP contribution in [0.25, 0.3) is 27.7 Å². The van der Waals surface area contributed by atoms with Gasteiger partial charge in [0.1, 0.15) is 11.3 Å². The fourth-order valence-electron chi connectivity index (χ4n) is 4.59. The zero-order valence-electron chi connectivity index (χ0n) is 22.4. The molecule has 1 fully saturated rings. The first-order chi connectivity index (χ1) is 19.1. The second kappa shape index (κ2) is 10.8. The first-order valence-electron chi connectivity index (χ1n) is 12.8. The van der Waals surface area contributed by atoms with Gasteiger partial charge in [-0.1, -0.05) is 30.3 Å². The number of hydrogen-bond acceptors (Lipinski definition) is 8. The van der Waals surface area contributed by atoms with Gasteiger partial charge in [-0.15, -0.1) is 0 Å². The molecular weight excluding hydrogens is 514 g/mol. The van der Waals surface area contributed by atoms with Gasteiger partial charge in [0.2, 0.25) is 0 Å². The van der Waals surface area contributed by atoms with E-state index in [1.807, 2.05) is 0 Å². The third kappa shape index (κ3) is 5.64. The van der Waals surface area contributed by atoms with Crippen molar-refractivity contribution in [3.63, 3.8) is 0 Å². The lowest BCUT2D eigenvalue weighted by atomic mass is 10.0. The average molecular weight is 544 g/mol. The van der Waals surface area contributed by atoms with E-state index in [1.54, 1.807) is 81.4 Å². The van der Waals surface area contributed by atoms with Crippen molar-refractivity contribution in [2.24, 2.45) is 0 Å². The number of amides is 1. The maximum Gasteiger partial charge on any atom is 0.412 e. The van der Waals surface area contributed by atoms with Crippen molar-refractivity contribution < 1.29 is 19.2 Å². The van der Waals surface area contributed by atoms with Gasteiger partial charge in [-0.25, -0.2) is 4.79 Å². The van der Waals surface area contributed by atoms with Crippen LogP contribution >= 0.6 is 0 Å². The maximum atomic E-state index is 13.7. The largest absolute Gasteiger partial charge is 0.444 e. The zero-order chi connectivity index (χ0) is 28.4. The average Bonchev–Trinajstić information content (AvgIpc) is 2.92. The highest BCUT2D eigenvalue weighted by Gasteiger charge is 2.23. The SMILES string of the molecule is CC(C)(C)OC(=O)Nc1cccc(-c2nn(-c3cc(N4CCOCC4)ccc3[N+](=O)[O-])c(=O)c3ccccc23)c1. The maximum absolute atomic E-state index is 13.7. The van der Waals surface area contributed by atoms with Crippen LogP contribution in [0.5, 0.6) is 0 Å². The third-order valence-corrected chi connectivity index (χ3v) is 6.35. The van der Waals surface area contributed by atoms with E-state index in [0.29, 0.717) is 54.0 Å². The molecule has 40 heavy (non-hydrogen) atoms. The van der Waals surface area contributed by atoms with Crippen molar-refractivity contribution >= 4 is 33.9 Å². The Morgan fingerprint density at radius 2 is 1.75 bits per heavy atom. The molecule has 1 aliphatic rings. The van der Waals surface area contributed by atoms with Gasteiger partial charge in [0.15, 0.2) is 0 Å².